The van der Waals surface area contributed by atoms with Crippen molar-refractivity contribution < 1.29 is 14.0 Å². The van der Waals surface area contributed by atoms with Gasteiger partial charge in [-0.25, -0.2) is 4.39 Å². The van der Waals surface area contributed by atoms with Crippen molar-refractivity contribution in [1.29, 1.82) is 0 Å². The largest absolute Gasteiger partial charge is 0.367 e. The van der Waals surface area contributed by atoms with Crippen LogP contribution in [0.2, 0.25) is 5.02 Å². The number of nitrogens with one attached hydrogen (secondary N) is 2. The van der Waals surface area contributed by atoms with Gasteiger partial charge in [-0.3, -0.25) is 9.59 Å². The van der Waals surface area contributed by atoms with Crippen LogP contribution in [0.4, 0.5) is 21.5 Å². The summed E-state index contributed by atoms with van der Waals surface area (Å²) in [6.45, 7) is 4.80. The number of hydrogen-bond donors (Lipinski definition) is 2. The lowest BCUT2D eigenvalue weighted by molar-refractivity contribution is -0.114. The fourth-order valence-electron chi connectivity index (χ4n) is 3.08. The fraction of sp³-hybridized carbons (Fsp3) is 0.300. The third-order valence-electron chi connectivity index (χ3n) is 4.59. The molecule has 8 heteroatoms. The Morgan fingerprint density at radius 2 is 1.71 bits per heavy atom. The maximum Gasteiger partial charge on any atom is 0.255 e. The van der Waals surface area contributed by atoms with E-state index in [0.717, 1.165) is 37.9 Å². The predicted octanol–water partition coefficient (Wildman–Crippen LogP) is 3.44. The summed E-state index contributed by atoms with van der Waals surface area (Å²) in [6.07, 6.45) is 0. The number of hydrogen-bond acceptors (Lipinski definition) is 4. The number of piperazine rings is 1. The second-order valence-corrected chi connectivity index (χ2v) is 7.22. The smallest absolute Gasteiger partial charge is 0.255 e. The summed E-state index contributed by atoms with van der Waals surface area (Å²) in [5, 5.41) is 5.75. The Balaban J connectivity index is 1.84. The molecule has 1 aliphatic heterocycles. The average molecular weight is 405 g/mol. The van der Waals surface area contributed by atoms with Crippen LogP contribution >= 0.6 is 11.6 Å². The molecule has 0 saturated carbocycles. The van der Waals surface area contributed by atoms with Crippen molar-refractivity contribution in [3.05, 3.63) is 52.8 Å². The Kier molecular flexibility index (Phi) is 6.16. The first-order chi connectivity index (χ1) is 13.3. The molecule has 2 N–H and O–H groups in total. The summed E-state index contributed by atoms with van der Waals surface area (Å²) in [7, 11) is 2.07. The lowest BCUT2D eigenvalue weighted by Crippen LogP contribution is -2.44. The fourth-order valence-corrected chi connectivity index (χ4v) is 3.25. The van der Waals surface area contributed by atoms with E-state index in [2.05, 4.69) is 27.5 Å². The zero-order valence-electron chi connectivity index (χ0n) is 15.8. The molecule has 0 bridgehead atoms. The number of anilines is 3. The van der Waals surface area contributed by atoms with Crippen LogP contribution in [0.5, 0.6) is 0 Å². The first kappa shape index (κ1) is 20.1. The molecule has 0 aromatic heterocycles. The van der Waals surface area contributed by atoms with E-state index in [1.54, 1.807) is 12.1 Å². The van der Waals surface area contributed by atoms with Crippen molar-refractivity contribution >= 4 is 40.5 Å². The Bertz CT molecular complexity index is 898. The molecular weight excluding hydrogens is 383 g/mol. The summed E-state index contributed by atoms with van der Waals surface area (Å²) in [5.74, 6) is -1.43. The topological polar surface area (TPSA) is 64.7 Å². The number of amides is 2. The normalized spacial score (nSPS) is 14.6. The van der Waals surface area contributed by atoms with Crippen molar-refractivity contribution in [2.24, 2.45) is 0 Å². The monoisotopic (exact) mass is 404 g/mol. The van der Waals surface area contributed by atoms with Gasteiger partial charge in [0, 0.05) is 43.7 Å². The van der Waals surface area contributed by atoms with Gasteiger partial charge < -0.3 is 20.4 Å². The van der Waals surface area contributed by atoms with Crippen LogP contribution in [0.3, 0.4) is 0 Å². The highest BCUT2D eigenvalue weighted by atomic mass is 35.5. The van der Waals surface area contributed by atoms with Crippen molar-refractivity contribution in [3.63, 3.8) is 0 Å². The Morgan fingerprint density at radius 1 is 1.00 bits per heavy atom. The molecule has 0 aliphatic carbocycles. The molecule has 0 atom stereocenters. The van der Waals surface area contributed by atoms with Crippen LogP contribution in [-0.4, -0.2) is 49.9 Å². The van der Waals surface area contributed by atoms with Crippen LogP contribution in [-0.2, 0) is 4.79 Å². The molecule has 1 aliphatic rings. The lowest BCUT2D eigenvalue weighted by Gasteiger charge is -2.35. The summed E-state index contributed by atoms with van der Waals surface area (Å²) in [6, 6.07) is 9.21. The first-order valence-electron chi connectivity index (χ1n) is 8.95. The maximum atomic E-state index is 13.8. The van der Waals surface area contributed by atoms with E-state index in [0.29, 0.717) is 10.7 Å². The van der Waals surface area contributed by atoms with Gasteiger partial charge in [-0.15, -0.1) is 0 Å². The van der Waals surface area contributed by atoms with Gasteiger partial charge in [0.15, 0.2) is 0 Å². The number of benzene rings is 2. The number of likely N-dealkylation sites (N-methyl/N-ethyl adjacent to an activating group) is 1. The zero-order chi connectivity index (χ0) is 20.3. The lowest BCUT2D eigenvalue weighted by atomic mass is 10.1. The second-order valence-electron chi connectivity index (χ2n) is 6.78. The highest BCUT2D eigenvalue weighted by Gasteiger charge is 2.19. The Morgan fingerprint density at radius 3 is 2.39 bits per heavy atom. The molecule has 0 radical (unpaired) electrons. The second kappa shape index (κ2) is 8.58. The van der Waals surface area contributed by atoms with Crippen molar-refractivity contribution in [3.8, 4) is 0 Å². The van der Waals surface area contributed by atoms with Gasteiger partial charge in [0.2, 0.25) is 5.91 Å². The van der Waals surface area contributed by atoms with Gasteiger partial charge in [-0.05, 0) is 43.4 Å². The van der Waals surface area contributed by atoms with Gasteiger partial charge in [0.05, 0.1) is 17.1 Å². The molecule has 2 amide bonds. The number of halogens is 2. The van der Waals surface area contributed by atoms with Crippen LogP contribution in [0.1, 0.15) is 17.3 Å². The Labute approximate surface area is 168 Å². The van der Waals surface area contributed by atoms with Crippen molar-refractivity contribution in [1.82, 2.24) is 4.90 Å². The van der Waals surface area contributed by atoms with Crippen molar-refractivity contribution in [2.45, 2.75) is 6.92 Å². The van der Waals surface area contributed by atoms with Gasteiger partial charge >= 0.3 is 0 Å². The van der Waals surface area contributed by atoms with Gasteiger partial charge in [0.25, 0.3) is 5.91 Å². The summed E-state index contributed by atoms with van der Waals surface area (Å²) in [5.41, 5.74) is 1.67. The average Bonchev–Trinajstić information content (AvgIpc) is 2.64. The molecule has 1 fully saturated rings. The quantitative estimate of drug-likeness (QED) is 0.819. The molecule has 3 rings (SSSR count). The van der Waals surface area contributed by atoms with Crippen LogP contribution in [0.15, 0.2) is 36.4 Å². The highest BCUT2D eigenvalue weighted by molar-refractivity contribution is 6.31. The molecule has 2 aromatic rings. The van der Waals surface area contributed by atoms with Crippen LogP contribution < -0.4 is 15.5 Å². The van der Waals surface area contributed by atoms with E-state index in [1.165, 1.54) is 19.1 Å². The van der Waals surface area contributed by atoms with Crippen LogP contribution in [0, 0.1) is 5.82 Å². The zero-order valence-corrected chi connectivity index (χ0v) is 16.5. The molecule has 0 unspecified atom stereocenters. The highest BCUT2D eigenvalue weighted by Crippen LogP contribution is 2.30. The molecule has 1 heterocycles. The maximum absolute atomic E-state index is 13.8. The van der Waals surface area contributed by atoms with E-state index in [4.69, 9.17) is 11.6 Å². The van der Waals surface area contributed by atoms with E-state index in [9.17, 15) is 14.0 Å². The third-order valence-corrected chi connectivity index (χ3v) is 4.83. The number of rotatable bonds is 4. The minimum absolute atomic E-state index is 0.0365. The standard InChI is InChI=1S/C20H22ClFN4O2/c1-13(27)23-17-11-14(3-5-16(17)22)20(28)24-18-12-15(21)4-6-19(18)26-9-7-25(2)8-10-26/h3-6,11-12H,7-10H2,1-2H3,(H,23,27)(H,24,28). The number of nitrogens with zero attached hydrogens (tertiary/aromatic N) is 2. The molecule has 2 aromatic carbocycles. The number of carbonyl (C=O) groups is 2. The minimum Gasteiger partial charge on any atom is -0.367 e. The van der Waals surface area contributed by atoms with E-state index >= 15 is 0 Å². The molecule has 6 nitrogen and oxygen atoms in total. The van der Waals surface area contributed by atoms with Crippen molar-refractivity contribution in [2.75, 3.05) is 48.8 Å². The van der Waals surface area contributed by atoms with E-state index in [-0.39, 0.29) is 11.3 Å². The predicted molar refractivity (Wildman–Crippen MR) is 110 cm³/mol. The molecule has 1 saturated heterocycles. The SMILES string of the molecule is CC(=O)Nc1cc(C(=O)Nc2cc(Cl)ccc2N2CCN(C)CC2)ccc1F. The molecule has 28 heavy (non-hydrogen) atoms. The van der Waals surface area contributed by atoms with Gasteiger partial charge in [0.1, 0.15) is 5.82 Å². The Hall–Kier alpha value is -2.64. The summed E-state index contributed by atoms with van der Waals surface area (Å²) in [4.78, 5) is 28.4. The molecule has 148 valence electrons. The summed E-state index contributed by atoms with van der Waals surface area (Å²) >= 11 is 6.14. The minimum atomic E-state index is -0.604. The van der Waals surface area contributed by atoms with Gasteiger partial charge in [-0.2, -0.15) is 0 Å². The van der Waals surface area contributed by atoms with Gasteiger partial charge in [-0.1, -0.05) is 11.6 Å². The first-order valence-corrected chi connectivity index (χ1v) is 9.33. The third kappa shape index (κ3) is 4.79. The molecular formula is C20H22ClFN4O2. The summed E-state index contributed by atoms with van der Waals surface area (Å²) < 4.78 is 13.8. The molecule has 0 spiro atoms. The van der Waals surface area contributed by atoms with E-state index < -0.39 is 17.6 Å². The van der Waals surface area contributed by atoms with E-state index in [1.807, 2.05) is 6.07 Å². The van der Waals surface area contributed by atoms with Crippen LogP contribution in [0.25, 0.3) is 0 Å². The number of carbonyl (C=O) groups excluding carboxylic acids is 2.